The predicted octanol–water partition coefficient (Wildman–Crippen LogP) is 5.22. The van der Waals surface area contributed by atoms with E-state index in [4.69, 9.17) is 6.11 Å². The highest BCUT2D eigenvalue weighted by molar-refractivity contribution is 5.91. The summed E-state index contributed by atoms with van der Waals surface area (Å²) in [5, 5.41) is 12.6. The summed E-state index contributed by atoms with van der Waals surface area (Å²) < 4.78 is 13.6. The first-order valence-electron chi connectivity index (χ1n) is 12.4. The maximum absolute atomic E-state index is 13.1. The molecule has 0 radical (unpaired) electrons. The normalized spacial score (nSPS) is 15.2. The second-order valence-corrected chi connectivity index (χ2v) is 9.02. The molecule has 1 fully saturated rings. The van der Waals surface area contributed by atoms with Gasteiger partial charge in [0.1, 0.15) is 11.3 Å². The molecule has 0 aromatic heterocycles. The molecule has 1 aliphatic heterocycles. The number of benzene rings is 2. The smallest absolute Gasteiger partial charge is 0.339 e. The molecule has 2 aromatic carbocycles. The van der Waals surface area contributed by atoms with Crippen LogP contribution in [0.2, 0.25) is 0 Å². The second kappa shape index (κ2) is 11.7. The Kier molecular flexibility index (Phi) is 8.23. The summed E-state index contributed by atoms with van der Waals surface area (Å²) >= 11 is 0. The third kappa shape index (κ3) is 6.73. The standard InChI is InChI=1S/C27H36N2O4/c1-4-33-25-17-20(12-13-22(25)27(31)32)18-26(30)28-23(16-19(2)3)21-10-6-7-11-24(21)29-14-8-5-9-15-29/h6-7,10-13,17,19,23H,4-5,8-9,14-16,18H2,1-3H3,(H,28,30)(H,31,32)/t23-/m0/s1/i13D. The average molecular weight is 454 g/mol. The molecule has 2 N–H and O–H groups in total. The molecule has 0 spiro atoms. The third-order valence-electron chi connectivity index (χ3n) is 5.89. The molecule has 2 aromatic rings. The van der Waals surface area contributed by atoms with Gasteiger partial charge in [-0.05, 0) is 67.8 Å². The number of aromatic carboxylic acids is 1. The fraction of sp³-hybridized carbons (Fsp3) is 0.481. The van der Waals surface area contributed by atoms with Crippen molar-refractivity contribution in [1.82, 2.24) is 5.32 Å². The van der Waals surface area contributed by atoms with Crippen LogP contribution in [0, 0.1) is 5.92 Å². The highest BCUT2D eigenvalue weighted by Gasteiger charge is 2.23. The van der Waals surface area contributed by atoms with Crippen LogP contribution >= 0.6 is 0 Å². The quantitative estimate of drug-likeness (QED) is 0.516. The van der Waals surface area contributed by atoms with Gasteiger partial charge in [0.2, 0.25) is 5.91 Å². The molecule has 1 aliphatic rings. The van der Waals surface area contributed by atoms with Crippen molar-refractivity contribution in [3.05, 3.63) is 59.1 Å². The van der Waals surface area contributed by atoms with Crippen LogP contribution < -0.4 is 15.0 Å². The van der Waals surface area contributed by atoms with Crippen LogP contribution in [0.15, 0.2) is 42.4 Å². The first kappa shape index (κ1) is 23.1. The van der Waals surface area contributed by atoms with E-state index in [0.717, 1.165) is 25.1 Å². The van der Waals surface area contributed by atoms with Crippen molar-refractivity contribution in [2.75, 3.05) is 24.6 Å². The zero-order chi connectivity index (χ0) is 24.7. The second-order valence-electron chi connectivity index (χ2n) is 9.02. The Hall–Kier alpha value is -3.02. The lowest BCUT2D eigenvalue weighted by molar-refractivity contribution is -0.121. The number of carbonyl (C=O) groups excluding carboxylic acids is 1. The molecule has 0 unspecified atom stereocenters. The van der Waals surface area contributed by atoms with Crippen LogP contribution in [-0.2, 0) is 11.2 Å². The van der Waals surface area contributed by atoms with Crippen molar-refractivity contribution in [3.63, 3.8) is 0 Å². The van der Waals surface area contributed by atoms with Gasteiger partial charge in [-0.2, -0.15) is 0 Å². The van der Waals surface area contributed by atoms with Gasteiger partial charge in [-0.25, -0.2) is 4.79 Å². The number of anilines is 1. The Morgan fingerprint density at radius 1 is 1.18 bits per heavy atom. The lowest BCUT2D eigenvalue weighted by atomic mass is 9.94. The number of para-hydroxylation sites is 1. The molecule has 1 heterocycles. The Bertz CT molecular complexity index is 1000. The Morgan fingerprint density at radius 3 is 2.58 bits per heavy atom. The molecular weight excluding hydrogens is 416 g/mol. The summed E-state index contributed by atoms with van der Waals surface area (Å²) in [6, 6.07) is 11.0. The number of carboxylic acids is 1. The molecule has 1 saturated heterocycles. The van der Waals surface area contributed by atoms with Gasteiger partial charge in [0.25, 0.3) is 0 Å². The summed E-state index contributed by atoms with van der Waals surface area (Å²) in [6.45, 7) is 8.38. The highest BCUT2D eigenvalue weighted by Crippen LogP contribution is 2.32. The zero-order valence-corrected chi connectivity index (χ0v) is 19.9. The fourth-order valence-corrected chi connectivity index (χ4v) is 4.43. The number of ether oxygens (including phenoxy) is 1. The van der Waals surface area contributed by atoms with Crippen molar-refractivity contribution in [1.29, 1.82) is 0 Å². The molecular formula is C27H36N2O4. The zero-order valence-electron chi connectivity index (χ0n) is 20.9. The summed E-state index contributed by atoms with van der Waals surface area (Å²) in [5.74, 6) is -0.863. The van der Waals surface area contributed by atoms with Gasteiger partial charge in [-0.1, -0.05) is 38.1 Å². The van der Waals surface area contributed by atoms with E-state index in [2.05, 4.69) is 42.3 Å². The highest BCUT2D eigenvalue weighted by atomic mass is 16.5. The van der Waals surface area contributed by atoms with Gasteiger partial charge >= 0.3 is 5.97 Å². The average Bonchev–Trinajstić information content (AvgIpc) is 2.78. The summed E-state index contributed by atoms with van der Waals surface area (Å²) in [5.41, 5.74) is 2.69. The van der Waals surface area contributed by atoms with E-state index < -0.39 is 5.97 Å². The van der Waals surface area contributed by atoms with Crippen molar-refractivity contribution < 1.29 is 20.8 Å². The lowest BCUT2D eigenvalue weighted by Crippen LogP contribution is -2.34. The van der Waals surface area contributed by atoms with Crippen LogP contribution in [0.5, 0.6) is 5.75 Å². The summed E-state index contributed by atoms with van der Waals surface area (Å²) in [6.07, 6.45) is 4.47. The number of hydrogen-bond acceptors (Lipinski definition) is 4. The van der Waals surface area contributed by atoms with Crippen LogP contribution in [-0.4, -0.2) is 36.7 Å². The van der Waals surface area contributed by atoms with Crippen molar-refractivity contribution in [2.24, 2.45) is 5.92 Å². The molecule has 6 heteroatoms. The van der Waals surface area contributed by atoms with Crippen molar-refractivity contribution in [3.8, 4) is 5.75 Å². The van der Waals surface area contributed by atoms with Gasteiger partial charge < -0.3 is 20.1 Å². The maximum atomic E-state index is 13.1. The molecule has 33 heavy (non-hydrogen) atoms. The number of hydrogen-bond donors (Lipinski definition) is 2. The van der Waals surface area contributed by atoms with E-state index >= 15 is 0 Å². The lowest BCUT2D eigenvalue weighted by Gasteiger charge is -2.33. The SMILES string of the molecule is [2H]c1cc(CC(=O)N[C@@H](CC(C)C)c2ccccc2N2CCCCC2)cc(OCC)c1C(=O)O. The topological polar surface area (TPSA) is 78.9 Å². The molecule has 3 rings (SSSR count). The van der Waals surface area contributed by atoms with Gasteiger partial charge in [0.05, 0.1) is 20.4 Å². The van der Waals surface area contributed by atoms with Gasteiger partial charge in [-0.3, -0.25) is 4.79 Å². The first-order valence-corrected chi connectivity index (χ1v) is 11.9. The minimum absolute atomic E-state index is 0.0479. The molecule has 1 atom stereocenters. The van der Waals surface area contributed by atoms with E-state index in [1.165, 1.54) is 31.0 Å². The molecule has 178 valence electrons. The molecule has 0 aliphatic carbocycles. The molecule has 1 amide bonds. The minimum atomic E-state index is -1.21. The third-order valence-corrected chi connectivity index (χ3v) is 5.89. The monoisotopic (exact) mass is 453 g/mol. The number of carbonyl (C=O) groups is 2. The van der Waals surface area contributed by atoms with E-state index in [1.807, 2.05) is 6.07 Å². The minimum Gasteiger partial charge on any atom is -0.493 e. The van der Waals surface area contributed by atoms with E-state index in [9.17, 15) is 14.7 Å². The van der Waals surface area contributed by atoms with Gasteiger partial charge in [0, 0.05) is 18.8 Å². The number of amides is 1. The van der Waals surface area contributed by atoms with E-state index in [0.29, 0.717) is 11.5 Å². The van der Waals surface area contributed by atoms with Gasteiger partial charge in [0.15, 0.2) is 0 Å². The first-order chi connectivity index (χ1) is 16.3. The van der Waals surface area contributed by atoms with Crippen LogP contribution in [0.25, 0.3) is 0 Å². The molecule has 6 nitrogen and oxygen atoms in total. The summed E-state index contributed by atoms with van der Waals surface area (Å²) in [4.78, 5) is 27.1. The number of nitrogens with zero attached hydrogens (tertiary/aromatic N) is 1. The Balaban J connectivity index is 1.83. The fourth-order valence-electron chi connectivity index (χ4n) is 4.43. The largest absolute Gasteiger partial charge is 0.493 e. The van der Waals surface area contributed by atoms with Gasteiger partial charge in [-0.15, -0.1) is 0 Å². The van der Waals surface area contributed by atoms with E-state index in [1.54, 1.807) is 13.0 Å². The molecule has 0 saturated carbocycles. The number of nitrogens with one attached hydrogen (secondary N) is 1. The molecule has 0 bridgehead atoms. The predicted molar refractivity (Wildman–Crippen MR) is 131 cm³/mol. The van der Waals surface area contributed by atoms with Crippen molar-refractivity contribution >= 4 is 17.6 Å². The maximum Gasteiger partial charge on any atom is 0.339 e. The number of rotatable bonds is 10. The Morgan fingerprint density at radius 2 is 1.91 bits per heavy atom. The van der Waals surface area contributed by atoms with Crippen LogP contribution in [0.4, 0.5) is 5.69 Å². The number of piperidine rings is 1. The van der Waals surface area contributed by atoms with E-state index in [-0.39, 0.29) is 42.3 Å². The number of carboxylic acid groups (broad SMARTS) is 1. The Labute approximate surface area is 198 Å². The van der Waals surface area contributed by atoms with Crippen LogP contribution in [0.3, 0.4) is 0 Å². The van der Waals surface area contributed by atoms with Crippen molar-refractivity contribution in [2.45, 2.75) is 58.9 Å². The summed E-state index contributed by atoms with van der Waals surface area (Å²) in [7, 11) is 0. The van der Waals surface area contributed by atoms with Crippen LogP contribution in [0.1, 0.15) is 75.4 Å².